The van der Waals surface area contributed by atoms with Gasteiger partial charge in [0.25, 0.3) is 0 Å². The van der Waals surface area contributed by atoms with Gasteiger partial charge in [0.05, 0.1) is 12.6 Å². The first kappa shape index (κ1) is 12.9. The molecule has 80 valence electrons. The number of hydrogen-bond acceptors (Lipinski definition) is 3. The van der Waals surface area contributed by atoms with Crippen LogP contribution in [0.1, 0.15) is 20.3 Å². The molecule has 0 aliphatic rings. The quantitative estimate of drug-likeness (QED) is 0.589. The van der Waals surface area contributed by atoms with Gasteiger partial charge in [-0.3, -0.25) is 4.79 Å². The summed E-state index contributed by atoms with van der Waals surface area (Å²) < 4.78 is 0. The molecule has 0 aromatic carbocycles. The van der Waals surface area contributed by atoms with E-state index in [2.05, 4.69) is 5.92 Å². The lowest BCUT2D eigenvalue weighted by Crippen LogP contribution is -2.47. The number of amides is 1. The second kappa shape index (κ2) is 6.41. The molecule has 14 heavy (non-hydrogen) atoms. The van der Waals surface area contributed by atoms with E-state index in [4.69, 9.17) is 17.3 Å². The summed E-state index contributed by atoms with van der Waals surface area (Å²) >= 11 is 0. The van der Waals surface area contributed by atoms with Crippen molar-refractivity contribution in [2.45, 2.75) is 32.4 Å². The highest BCUT2D eigenvalue weighted by molar-refractivity contribution is 5.82. The van der Waals surface area contributed by atoms with Crippen LogP contribution in [-0.4, -0.2) is 41.1 Å². The van der Waals surface area contributed by atoms with Crippen molar-refractivity contribution < 1.29 is 9.90 Å². The largest absolute Gasteiger partial charge is 0.395 e. The number of nitrogens with two attached hydrogens (primary N) is 1. The summed E-state index contributed by atoms with van der Waals surface area (Å²) in [7, 11) is 0. The number of carbonyl (C=O) groups excluding carboxylic acids is 1. The molecular formula is C10H18N2O2. The van der Waals surface area contributed by atoms with Crippen LogP contribution in [0.25, 0.3) is 0 Å². The highest BCUT2D eigenvalue weighted by atomic mass is 16.3. The van der Waals surface area contributed by atoms with Crippen molar-refractivity contribution in [3.05, 3.63) is 0 Å². The number of aliphatic hydroxyl groups excluding tert-OH is 1. The fourth-order valence-corrected chi connectivity index (χ4v) is 1.16. The number of nitrogens with zero attached hydrogens (tertiary/aromatic N) is 1. The molecule has 0 aromatic rings. The molecule has 0 aromatic heterocycles. The molecule has 0 spiro atoms. The van der Waals surface area contributed by atoms with E-state index in [1.807, 2.05) is 13.8 Å². The molecule has 4 heteroatoms. The number of terminal acetylenes is 1. The van der Waals surface area contributed by atoms with E-state index in [0.717, 1.165) is 0 Å². The molecule has 0 aliphatic carbocycles. The van der Waals surface area contributed by atoms with Crippen LogP contribution in [0.15, 0.2) is 0 Å². The number of carbonyl (C=O) groups is 1. The predicted octanol–water partition coefficient (Wildman–Crippen LogP) is -0.434. The Morgan fingerprint density at radius 2 is 2.21 bits per heavy atom. The van der Waals surface area contributed by atoms with Gasteiger partial charge in [0.1, 0.15) is 0 Å². The zero-order valence-corrected chi connectivity index (χ0v) is 8.73. The Kier molecular flexibility index (Phi) is 5.93. The minimum atomic E-state index is -0.658. The number of rotatable bonds is 5. The molecule has 0 rings (SSSR count). The standard InChI is InChI=1S/C10H18N2O2/c1-4-5-9(11)10(14)12(6-7-13)8(2)3/h1,8-9,13H,5-7,11H2,2-3H3. The van der Waals surface area contributed by atoms with Gasteiger partial charge in [-0.05, 0) is 13.8 Å². The van der Waals surface area contributed by atoms with Crippen LogP contribution >= 0.6 is 0 Å². The van der Waals surface area contributed by atoms with Gasteiger partial charge in [0.2, 0.25) is 5.91 Å². The van der Waals surface area contributed by atoms with Crippen LogP contribution in [0.3, 0.4) is 0 Å². The summed E-state index contributed by atoms with van der Waals surface area (Å²) in [6, 6.07) is -0.632. The molecule has 4 nitrogen and oxygen atoms in total. The van der Waals surface area contributed by atoms with Gasteiger partial charge in [-0.25, -0.2) is 0 Å². The van der Waals surface area contributed by atoms with Gasteiger partial charge in [-0.1, -0.05) is 0 Å². The monoisotopic (exact) mass is 198 g/mol. The zero-order valence-electron chi connectivity index (χ0n) is 8.73. The maximum atomic E-state index is 11.7. The van der Waals surface area contributed by atoms with Crippen LogP contribution < -0.4 is 5.73 Å². The molecule has 0 heterocycles. The Morgan fingerprint density at radius 1 is 1.64 bits per heavy atom. The summed E-state index contributed by atoms with van der Waals surface area (Å²) in [5.74, 6) is 2.15. The highest BCUT2D eigenvalue weighted by Crippen LogP contribution is 2.02. The van der Waals surface area contributed by atoms with E-state index in [1.54, 1.807) is 0 Å². The average Bonchev–Trinajstić information content (AvgIpc) is 2.13. The molecule has 3 N–H and O–H groups in total. The first-order valence-corrected chi connectivity index (χ1v) is 4.65. The van der Waals surface area contributed by atoms with Gasteiger partial charge in [0, 0.05) is 19.0 Å². The molecule has 1 amide bonds. The first-order valence-electron chi connectivity index (χ1n) is 4.65. The lowest BCUT2D eigenvalue weighted by molar-refractivity contribution is -0.134. The highest BCUT2D eigenvalue weighted by Gasteiger charge is 2.21. The SMILES string of the molecule is C#CCC(N)C(=O)N(CCO)C(C)C. The van der Waals surface area contributed by atoms with Crippen LogP contribution in [0.2, 0.25) is 0 Å². The fourth-order valence-electron chi connectivity index (χ4n) is 1.16. The van der Waals surface area contributed by atoms with E-state index in [9.17, 15) is 4.79 Å². The summed E-state index contributed by atoms with van der Waals surface area (Å²) in [6.45, 7) is 3.98. The van der Waals surface area contributed by atoms with Gasteiger partial charge in [0.15, 0.2) is 0 Å². The maximum Gasteiger partial charge on any atom is 0.240 e. The van der Waals surface area contributed by atoms with Crippen LogP contribution in [0.5, 0.6) is 0 Å². The molecule has 0 radical (unpaired) electrons. The third kappa shape index (κ3) is 3.77. The van der Waals surface area contributed by atoms with E-state index in [1.165, 1.54) is 4.90 Å². The Hall–Kier alpha value is -1.05. The van der Waals surface area contributed by atoms with E-state index in [0.29, 0.717) is 6.54 Å². The molecule has 0 saturated heterocycles. The van der Waals surface area contributed by atoms with Crippen molar-refractivity contribution in [1.29, 1.82) is 0 Å². The van der Waals surface area contributed by atoms with Crippen LogP contribution in [0.4, 0.5) is 0 Å². The summed E-state index contributed by atoms with van der Waals surface area (Å²) in [5, 5.41) is 8.77. The Morgan fingerprint density at radius 3 is 2.57 bits per heavy atom. The van der Waals surface area contributed by atoms with E-state index >= 15 is 0 Å². The van der Waals surface area contributed by atoms with Crippen LogP contribution in [-0.2, 0) is 4.79 Å². The molecule has 0 saturated carbocycles. The van der Waals surface area contributed by atoms with Crippen molar-refractivity contribution in [2.75, 3.05) is 13.2 Å². The lowest BCUT2D eigenvalue weighted by atomic mass is 10.1. The van der Waals surface area contributed by atoms with Gasteiger partial charge in [-0.2, -0.15) is 0 Å². The summed E-state index contributed by atoms with van der Waals surface area (Å²) in [6.07, 6.45) is 5.30. The lowest BCUT2D eigenvalue weighted by Gasteiger charge is -2.28. The molecule has 0 fully saturated rings. The Bertz CT molecular complexity index is 221. The third-order valence-corrected chi connectivity index (χ3v) is 1.90. The van der Waals surface area contributed by atoms with Crippen molar-refractivity contribution in [2.24, 2.45) is 5.73 Å². The molecule has 1 unspecified atom stereocenters. The zero-order chi connectivity index (χ0) is 11.1. The number of hydrogen-bond donors (Lipinski definition) is 2. The number of aliphatic hydroxyl groups is 1. The normalized spacial score (nSPS) is 12.3. The second-order valence-electron chi connectivity index (χ2n) is 3.36. The topological polar surface area (TPSA) is 66.6 Å². The predicted molar refractivity (Wildman–Crippen MR) is 55.4 cm³/mol. The Balaban J connectivity index is 4.36. The van der Waals surface area contributed by atoms with Crippen molar-refractivity contribution in [3.63, 3.8) is 0 Å². The summed E-state index contributed by atoms with van der Waals surface area (Å²) in [5.41, 5.74) is 5.58. The van der Waals surface area contributed by atoms with Gasteiger partial charge < -0.3 is 15.7 Å². The second-order valence-corrected chi connectivity index (χ2v) is 3.36. The minimum absolute atomic E-state index is 0.0264. The molecular weight excluding hydrogens is 180 g/mol. The first-order chi connectivity index (χ1) is 6.54. The molecule has 0 bridgehead atoms. The fraction of sp³-hybridized carbons (Fsp3) is 0.700. The molecule has 0 aliphatic heterocycles. The minimum Gasteiger partial charge on any atom is -0.395 e. The maximum absolute atomic E-state index is 11.7. The van der Waals surface area contributed by atoms with Gasteiger partial charge in [-0.15, -0.1) is 12.3 Å². The van der Waals surface area contributed by atoms with E-state index in [-0.39, 0.29) is 25.0 Å². The van der Waals surface area contributed by atoms with Gasteiger partial charge >= 0.3 is 0 Å². The van der Waals surface area contributed by atoms with E-state index < -0.39 is 6.04 Å². The Labute approximate surface area is 85.1 Å². The smallest absolute Gasteiger partial charge is 0.240 e. The third-order valence-electron chi connectivity index (χ3n) is 1.90. The van der Waals surface area contributed by atoms with Crippen LogP contribution in [0, 0.1) is 12.3 Å². The van der Waals surface area contributed by atoms with Crippen molar-refractivity contribution >= 4 is 5.91 Å². The average molecular weight is 198 g/mol. The van der Waals surface area contributed by atoms with Crippen molar-refractivity contribution in [1.82, 2.24) is 4.90 Å². The molecule has 1 atom stereocenters. The summed E-state index contributed by atoms with van der Waals surface area (Å²) in [4.78, 5) is 13.2. The van der Waals surface area contributed by atoms with Crippen molar-refractivity contribution in [3.8, 4) is 12.3 Å².